The standard InChI is InChI=1S/C21H31N5O.HI/c1-4-22-21(23-11-7-13-27-20-9-6-5-8-17(20)2)26-12-10-18(16-26)19-14-24-25(3)15-19;/h5-6,8-9,14-15,18H,4,7,10-13,16H2,1-3H3,(H,22,23);1H. The van der Waals surface area contributed by atoms with Crippen LogP contribution >= 0.6 is 24.0 Å². The van der Waals surface area contributed by atoms with Crippen molar-refractivity contribution in [3.63, 3.8) is 0 Å². The van der Waals surface area contributed by atoms with Crippen LogP contribution in [0.15, 0.2) is 41.7 Å². The van der Waals surface area contributed by atoms with Crippen molar-refractivity contribution in [2.24, 2.45) is 12.0 Å². The Morgan fingerprint density at radius 3 is 2.89 bits per heavy atom. The summed E-state index contributed by atoms with van der Waals surface area (Å²) in [6.07, 6.45) is 6.16. The summed E-state index contributed by atoms with van der Waals surface area (Å²) >= 11 is 0. The maximum atomic E-state index is 5.87. The predicted molar refractivity (Wildman–Crippen MR) is 125 cm³/mol. The van der Waals surface area contributed by atoms with Crippen molar-refractivity contribution in [3.05, 3.63) is 47.8 Å². The number of ether oxygens (including phenoxy) is 1. The number of hydrogen-bond donors (Lipinski definition) is 1. The summed E-state index contributed by atoms with van der Waals surface area (Å²) < 4.78 is 7.75. The molecular formula is C21H32IN5O. The van der Waals surface area contributed by atoms with E-state index in [1.807, 2.05) is 36.1 Å². The van der Waals surface area contributed by atoms with E-state index < -0.39 is 0 Å². The molecule has 1 aliphatic rings. The van der Waals surface area contributed by atoms with E-state index in [1.54, 1.807) is 0 Å². The van der Waals surface area contributed by atoms with Crippen molar-refractivity contribution in [2.45, 2.75) is 32.6 Å². The van der Waals surface area contributed by atoms with Gasteiger partial charge in [-0.3, -0.25) is 9.67 Å². The van der Waals surface area contributed by atoms with Gasteiger partial charge in [-0.05, 0) is 37.5 Å². The van der Waals surface area contributed by atoms with E-state index >= 15 is 0 Å². The van der Waals surface area contributed by atoms with Gasteiger partial charge in [0.25, 0.3) is 0 Å². The first-order chi connectivity index (χ1) is 13.2. The highest BCUT2D eigenvalue weighted by atomic mass is 127. The van der Waals surface area contributed by atoms with E-state index in [0.29, 0.717) is 12.5 Å². The summed E-state index contributed by atoms with van der Waals surface area (Å²) in [6.45, 7) is 8.55. The first-order valence-corrected chi connectivity index (χ1v) is 9.87. The molecule has 3 rings (SSSR count). The quantitative estimate of drug-likeness (QED) is 0.275. The zero-order chi connectivity index (χ0) is 19.1. The van der Waals surface area contributed by atoms with E-state index in [4.69, 9.17) is 9.73 Å². The summed E-state index contributed by atoms with van der Waals surface area (Å²) in [5.41, 5.74) is 2.50. The van der Waals surface area contributed by atoms with Crippen molar-refractivity contribution < 1.29 is 4.74 Å². The van der Waals surface area contributed by atoms with Crippen LogP contribution in [0, 0.1) is 6.92 Å². The number of halogens is 1. The molecule has 2 heterocycles. The molecule has 0 bridgehead atoms. The highest BCUT2D eigenvalue weighted by molar-refractivity contribution is 14.0. The normalized spacial score (nSPS) is 16.8. The first-order valence-electron chi connectivity index (χ1n) is 9.87. The van der Waals surface area contributed by atoms with Crippen molar-refractivity contribution >= 4 is 29.9 Å². The Hall–Kier alpha value is -1.77. The van der Waals surface area contributed by atoms with Crippen molar-refractivity contribution in [1.29, 1.82) is 0 Å². The molecule has 7 heteroatoms. The average Bonchev–Trinajstić information content (AvgIpc) is 3.31. The number of aryl methyl sites for hydroxylation is 2. The van der Waals surface area contributed by atoms with E-state index in [2.05, 4.69) is 41.4 Å². The average molecular weight is 497 g/mol. The lowest BCUT2D eigenvalue weighted by molar-refractivity contribution is 0.311. The summed E-state index contributed by atoms with van der Waals surface area (Å²) in [7, 11) is 1.97. The highest BCUT2D eigenvalue weighted by Gasteiger charge is 2.26. The fourth-order valence-electron chi connectivity index (χ4n) is 3.45. The number of aliphatic imine (C=N–C) groups is 1. The zero-order valence-electron chi connectivity index (χ0n) is 17.1. The first kappa shape index (κ1) is 22.5. The van der Waals surface area contributed by atoms with Gasteiger partial charge in [0, 0.05) is 51.8 Å². The molecule has 0 aliphatic carbocycles. The van der Waals surface area contributed by atoms with Crippen molar-refractivity contribution in [1.82, 2.24) is 20.0 Å². The number of para-hydroxylation sites is 1. The summed E-state index contributed by atoms with van der Waals surface area (Å²) in [5.74, 6) is 2.51. The summed E-state index contributed by atoms with van der Waals surface area (Å²) in [4.78, 5) is 7.18. The molecule has 1 N–H and O–H groups in total. The minimum absolute atomic E-state index is 0. The molecule has 0 saturated carbocycles. The van der Waals surface area contributed by atoms with Crippen molar-refractivity contribution in [2.75, 3.05) is 32.8 Å². The number of hydrogen-bond acceptors (Lipinski definition) is 3. The Balaban J connectivity index is 0.00000280. The summed E-state index contributed by atoms with van der Waals surface area (Å²) in [5, 5.41) is 7.74. The van der Waals surface area contributed by atoms with Crippen molar-refractivity contribution in [3.8, 4) is 5.75 Å². The highest BCUT2D eigenvalue weighted by Crippen LogP contribution is 2.26. The maximum Gasteiger partial charge on any atom is 0.193 e. The second-order valence-corrected chi connectivity index (χ2v) is 7.08. The van der Waals surface area contributed by atoms with Gasteiger partial charge >= 0.3 is 0 Å². The number of benzene rings is 1. The molecule has 1 aromatic carbocycles. The smallest absolute Gasteiger partial charge is 0.193 e. The number of aromatic nitrogens is 2. The Morgan fingerprint density at radius 1 is 1.36 bits per heavy atom. The topological polar surface area (TPSA) is 54.7 Å². The summed E-state index contributed by atoms with van der Waals surface area (Å²) in [6, 6.07) is 8.13. The van der Waals surface area contributed by atoms with Crippen LogP contribution < -0.4 is 10.1 Å². The van der Waals surface area contributed by atoms with Crippen LogP contribution in [0.2, 0.25) is 0 Å². The fourth-order valence-corrected chi connectivity index (χ4v) is 3.45. The van der Waals surface area contributed by atoms with E-state index in [1.165, 1.54) is 11.1 Å². The third kappa shape index (κ3) is 6.12. The molecule has 0 spiro atoms. The minimum Gasteiger partial charge on any atom is -0.493 e. The van der Waals surface area contributed by atoms with Gasteiger partial charge in [0.15, 0.2) is 5.96 Å². The van der Waals surface area contributed by atoms with Gasteiger partial charge in [-0.2, -0.15) is 5.10 Å². The minimum atomic E-state index is 0. The van der Waals surface area contributed by atoms with Gasteiger partial charge < -0.3 is 15.0 Å². The molecule has 1 atom stereocenters. The molecule has 0 amide bonds. The molecule has 1 aromatic heterocycles. The van der Waals surface area contributed by atoms with Crippen LogP contribution in [-0.4, -0.2) is 53.4 Å². The lowest BCUT2D eigenvalue weighted by Crippen LogP contribution is -2.40. The van der Waals surface area contributed by atoms with Gasteiger partial charge in [0.2, 0.25) is 0 Å². The van der Waals surface area contributed by atoms with Crippen LogP contribution in [0.5, 0.6) is 5.75 Å². The Bertz CT molecular complexity index is 761. The van der Waals surface area contributed by atoms with Gasteiger partial charge in [-0.1, -0.05) is 18.2 Å². The Morgan fingerprint density at radius 2 is 2.18 bits per heavy atom. The Labute approximate surface area is 185 Å². The van der Waals surface area contributed by atoms with Crippen LogP contribution in [0.25, 0.3) is 0 Å². The van der Waals surface area contributed by atoms with Gasteiger partial charge in [-0.25, -0.2) is 0 Å². The SMILES string of the molecule is CCNC(=NCCCOc1ccccc1C)N1CCC(c2cnn(C)c2)C1.I. The molecule has 154 valence electrons. The number of rotatable bonds is 7. The maximum absolute atomic E-state index is 5.87. The van der Waals surface area contributed by atoms with E-state index in [-0.39, 0.29) is 24.0 Å². The molecule has 2 aromatic rings. The van der Waals surface area contributed by atoms with E-state index in [0.717, 1.165) is 50.7 Å². The van der Waals surface area contributed by atoms with E-state index in [9.17, 15) is 0 Å². The lowest BCUT2D eigenvalue weighted by Gasteiger charge is -2.21. The largest absolute Gasteiger partial charge is 0.493 e. The monoisotopic (exact) mass is 497 g/mol. The third-order valence-electron chi connectivity index (χ3n) is 4.93. The number of likely N-dealkylation sites (tertiary alicyclic amines) is 1. The second-order valence-electron chi connectivity index (χ2n) is 7.08. The third-order valence-corrected chi connectivity index (χ3v) is 4.93. The lowest BCUT2D eigenvalue weighted by atomic mass is 10.0. The molecular weight excluding hydrogens is 465 g/mol. The van der Waals surface area contributed by atoms with Gasteiger partial charge in [-0.15, -0.1) is 24.0 Å². The van der Waals surface area contributed by atoms with Crippen LogP contribution in [0.4, 0.5) is 0 Å². The van der Waals surface area contributed by atoms with Crippen LogP contribution in [0.1, 0.15) is 36.8 Å². The Kier molecular flexibility index (Phi) is 9.08. The van der Waals surface area contributed by atoms with Gasteiger partial charge in [0.05, 0.1) is 12.8 Å². The van der Waals surface area contributed by atoms with Crippen LogP contribution in [0.3, 0.4) is 0 Å². The second kappa shape index (κ2) is 11.3. The predicted octanol–water partition coefficient (Wildman–Crippen LogP) is 3.57. The molecule has 28 heavy (non-hydrogen) atoms. The number of nitrogens with one attached hydrogen (secondary N) is 1. The van der Waals surface area contributed by atoms with Gasteiger partial charge in [0.1, 0.15) is 5.75 Å². The molecule has 1 fully saturated rings. The number of nitrogens with zero attached hydrogens (tertiary/aromatic N) is 4. The molecule has 1 aliphatic heterocycles. The number of guanidine groups is 1. The molecule has 0 radical (unpaired) electrons. The zero-order valence-corrected chi connectivity index (χ0v) is 19.4. The molecule has 1 unspecified atom stereocenters. The molecule has 6 nitrogen and oxygen atoms in total. The fraction of sp³-hybridized carbons (Fsp3) is 0.524. The van der Waals surface area contributed by atoms with Crippen LogP contribution in [-0.2, 0) is 7.05 Å². The molecule has 1 saturated heterocycles.